The van der Waals surface area contributed by atoms with Crippen LogP contribution in [0.1, 0.15) is 105 Å². The summed E-state index contributed by atoms with van der Waals surface area (Å²) in [6.07, 6.45) is 1.90. The first-order chi connectivity index (χ1) is 26.8. The third-order valence-corrected chi connectivity index (χ3v) is 11.1. The zero-order valence-corrected chi connectivity index (χ0v) is 38.3. The third-order valence-electron chi connectivity index (χ3n) is 11.1. The van der Waals surface area contributed by atoms with Crippen molar-refractivity contribution < 1.29 is 25.8 Å². The Balaban J connectivity index is 0.00000512. The molecule has 6 heteroatoms. The molecule has 0 amide bonds. The minimum absolute atomic E-state index is 0. The quantitative estimate of drug-likeness (QED) is 0.161. The van der Waals surface area contributed by atoms with Crippen LogP contribution in [0.15, 0.2) is 109 Å². The van der Waals surface area contributed by atoms with Gasteiger partial charge in [-0.3, -0.25) is 0 Å². The van der Waals surface area contributed by atoms with Gasteiger partial charge in [-0.05, 0) is 79.6 Å². The summed E-state index contributed by atoms with van der Waals surface area (Å²) in [4.78, 5) is 9.48. The molecular formula is C52H55N4OPt-3. The van der Waals surface area contributed by atoms with Crippen LogP contribution in [-0.2, 0) is 42.7 Å². The van der Waals surface area contributed by atoms with Crippen molar-refractivity contribution in [1.29, 1.82) is 0 Å². The van der Waals surface area contributed by atoms with E-state index in [1.54, 1.807) is 0 Å². The Labute approximate surface area is 360 Å². The molecule has 58 heavy (non-hydrogen) atoms. The molecule has 8 rings (SSSR count). The maximum Gasteiger partial charge on any atom is 0.135 e. The minimum atomic E-state index is -0.0958. The normalized spacial score (nSPS) is 13.6. The van der Waals surface area contributed by atoms with Crippen LogP contribution < -0.4 is 14.5 Å². The van der Waals surface area contributed by atoms with Crippen molar-refractivity contribution in [2.75, 3.05) is 9.80 Å². The van der Waals surface area contributed by atoms with Gasteiger partial charge >= 0.3 is 0 Å². The Hall–Kier alpha value is -4.86. The molecular weight excluding hydrogens is 892 g/mol. The van der Waals surface area contributed by atoms with Gasteiger partial charge in [-0.2, -0.15) is 12.1 Å². The smallest absolute Gasteiger partial charge is 0.135 e. The molecule has 0 radical (unpaired) electrons. The molecule has 3 heterocycles. The molecule has 5 aromatic carbocycles. The van der Waals surface area contributed by atoms with Gasteiger partial charge < -0.3 is 19.1 Å². The van der Waals surface area contributed by atoms with Crippen LogP contribution >= 0.6 is 0 Å². The van der Waals surface area contributed by atoms with Crippen molar-refractivity contribution in [3.8, 4) is 17.3 Å². The average molecular weight is 947 g/mol. The van der Waals surface area contributed by atoms with Gasteiger partial charge in [0.2, 0.25) is 0 Å². The number of rotatable bonds is 5. The number of hydrogen-bond donors (Lipinski definition) is 0. The van der Waals surface area contributed by atoms with Crippen molar-refractivity contribution in [3.63, 3.8) is 0 Å². The zero-order valence-electron chi connectivity index (χ0n) is 36.0. The van der Waals surface area contributed by atoms with Gasteiger partial charge in [-0.25, -0.2) is 4.98 Å². The molecule has 1 aliphatic heterocycles. The molecule has 0 saturated heterocycles. The fourth-order valence-corrected chi connectivity index (χ4v) is 7.89. The predicted molar refractivity (Wildman–Crippen MR) is 239 cm³/mol. The van der Waals surface area contributed by atoms with E-state index >= 15 is 0 Å². The maximum atomic E-state index is 6.62. The predicted octanol–water partition coefficient (Wildman–Crippen LogP) is 14.2. The van der Waals surface area contributed by atoms with E-state index in [9.17, 15) is 0 Å². The Morgan fingerprint density at radius 3 is 1.79 bits per heavy atom. The van der Waals surface area contributed by atoms with Gasteiger partial charge in [0.05, 0.1) is 0 Å². The van der Waals surface area contributed by atoms with Crippen molar-refractivity contribution in [3.05, 3.63) is 150 Å². The van der Waals surface area contributed by atoms with E-state index in [1.807, 2.05) is 24.4 Å². The van der Waals surface area contributed by atoms with Crippen LogP contribution in [0.3, 0.4) is 0 Å². The Morgan fingerprint density at radius 1 is 0.552 bits per heavy atom. The first-order valence-electron chi connectivity index (χ1n) is 20.1. The monoisotopic (exact) mass is 946 g/mol. The van der Waals surface area contributed by atoms with Crippen LogP contribution in [0.5, 0.6) is 11.5 Å². The van der Waals surface area contributed by atoms with Crippen LogP contribution in [0.2, 0.25) is 0 Å². The minimum Gasteiger partial charge on any atom is -0.509 e. The van der Waals surface area contributed by atoms with Crippen LogP contribution in [0.4, 0.5) is 22.7 Å². The summed E-state index contributed by atoms with van der Waals surface area (Å²) >= 11 is 0. The number of aromatic nitrogens is 2. The van der Waals surface area contributed by atoms with Crippen molar-refractivity contribution in [2.24, 2.45) is 0 Å². The SMILES string of the molecule is CC(C)(C)c1ccnc(-n2c3[c-]c(Oc4[c-]c(N5[CH-]N(c6c(C(C)(C)C)cc(C(C)(C)C)cc6C(C)(C)C)c6ccccc65)ccc4)ccc3c3ccccc32)c1.[Pt]. The number of fused-ring (bicyclic) bond motifs is 4. The second kappa shape index (κ2) is 14.8. The topological polar surface area (TPSA) is 33.5 Å². The van der Waals surface area contributed by atoms with E-state index in [2.05, 4.69) is 201 Å². The second-order valence-electron chi connectivity index (χ2n) is 19.6. The van der Waals surface area contributed by atoms with Gasteiger partial charge in [0.25, 0.3) is 0 Å². The average Bonchev–Trinajstić information content (AvgIpc) is 3.69. The second-order valence-corrected chi connectivity index (χ2v) is 19.6. The summed E-state index contributed by atoms with van der Waals surface area (Å²) in [7, 11) is 0. The Bertz CT molecular complexity index is 2610. The molecule has 0 N–H and O–H groups in total. The van der Waals surface area contributed by atoms with Crippen molar-refractivity contribution in [2.45, 2.75) is 105 Å². The van der Waals surface area contributed by atoms with Crippen LogP contribution in [-0.4, -0.2) is 9.55 Å². The van der Waals surface area contributed by atoms with Gasteiger partial charge in [-0.15, -0.1) is 48.1 Å². The largest absolute Gasteiger partial charge is 0.509 e. The number of pyridine rings is 1. The standard InChI is InChI=1S/C52H55N4O.Pt/c1-49(2,3)34-26-27-53-47(30-34)56-43-21-14-13-20-39(43)40-25-24-38(32-46(40)56)57-37-19-17-18-36(31-37)54-33-55(45-23-16-15-22-44(45)54)48-41(51(7,8)9)28-35(50(4,5)6)29-42(48)52(10,11)12;/h13-30,33H,1-12H3;/q-3;. The number of nitrogens with zero attached hydrogens (tertiary/aromatic N) is 4. The van der Waals surface area contributed by atoms with Gasteiger partial charge in [0.1, 0.15) is 5.82 Å². The molecule has 302 valence electrons. The molecule has 0 aliphatic carbocycles. The molecule has 0 bridgehead atoms. The third kappa shape index (κ3) is 7.59. The molecule has 2 aromatic heterocycles. The molecule has 5 nitrogen and oxygen atoms in total. The summed E-state index contributed by atoms with van der Waals surface area (Å²) < 4.78 is 8.82. The molecule has 0 saturated carbocycles. The van der Waals surface area contributed by atoms with E-state index in [0.29, 0.717) is 11.5 Å². The number of hydrogen-bond acceptors (Lipinski definition) is 4. The number of benzene rings is 5. The van der Waals surface area contributed by atoms with Gasteiger partial charge in [-0.1, -0.05) is 131 Å². The van der Waals surface area contributed by atoms with Crippen LogP contribution in [0.25, 0.3) is 27.6 Å². The molecule has 0 spiro atoms. The first-order valence-corrected chi connectivity index (χ1v) is 20.1. The number of anilines is 4. The molecule has 0 fully saturated rings. The summed E-state index contributed by atoms with van der Waals surface area (Å²) in [5.41, 5.74) is 11.4. The molecule has 0 unspecified atom stereocenters. The van der Waals surface area contributed by atoms with E-state index in [1.165, 1.54) is 27.9 Å². The summed E-state index contributed by atoms with van der Waals surface area (Å²) in [6.45, 7) is 29.8. The first kappa shape index (κ1) is 41.3. The van der Waals surface area contributed by atoms with E-state index in [0.717, 1.165) is 44.7 Å². The Kier molecular flexibility index (Phi) is 10.5. The summed E-state index contributed by atoms with van der Waals surface area (Å²) in [5, 5.41) is 2.25. The fourth-order valence-electron chi connectivity index (χ4n) is 7.89. The van der Waals surface area contributed by atoms with Gasteiger partial charge in [0, 0.05) is 61.3 Å². The van der Waals surface area contributed by atoms with Crippen LogP contribution in [0, 0.1) is 18.8 Å². The summed E-state index contributed by atoms with van der Waals surface area (Å²) in [6, 6.07) is 43.8. The van der Waals surface area contributed by atoms with Crippen molar-refractivity contribution >= 4 is 44.6 Å². The van der Waals surface area contributed by atoms with Crippen molar-refractivity contribution in [1.82, 2.24) is 9.55 Å². The van der Waals surface area contributed by atoms with E-state index in [-0.39, 0.29) is 42.7 Å². The molecule has 7 aromatic rings. The molecule has 0 atom stereocenters. The van der Waals surface area contributed by atoms with Gasteiger partial charge in [0.15, 0.2) is 0 Å². The fraction of sp³-hybridized carbons (Fsp3) is 0.308. The van der Waals surface area contributed by atoms with E-state index in [4.69, 9.17) is 9.72 Å². The number of para-hydroxylation sites is 3. The number of ether oxygens (including phenoxy) is 1. The zero-order chi connectivity index (χ0) is 40.7. The summed E-state index contributed by atoms with van der Waals surface area (Å²) in [5.74, 6) is 2.09. The maximum absolute atomic E-state index is 6.62. The molecule has 1 aliphatic rings. The Morgan fingerprint density at radius 2 is 1.16 bits per heavy atom. The van der Waals surface area contributed by atoms with E-state index < -0.39 is 0 Å².